The van der Waals surface area contributed by atoms with Crippen molar-refractivity contribution in [3.63, 3.8) is 0 Å². The first kappa shape index (κ1) is 21.0. The highest BCUT2D eigenvalue weighted by molar-refractivity contribution is 7.99. The number of rotatable bonds is 7. The lowest BCUT2D eigenvalue weighted by atomic mass is 10.1. The van der Waals surface area contributed by atoms with Crippen molar-refractivity contribution < 1.29 is 14.3 Å². The van der Waals surface area contributed by atoms with Gasteiger partial charge in [0.1, 0.15) is 11.5 Å². The van der Waals surface area contributed by atoms with Gasteiger partial charge in [-0.05, 0) is 19.1 Å². The van der Waals surface area contributed by atoms with Gasteiger partial charge in [0.15, 0.2) is 5.16 Å². The standard InChI is InChI=1S/C21H20ClN3O3S/c1-13-9-16(14-7-5-4-6-8-14)25-21(23-13)29-12-20(26)24-17-10-15(22)18(27-2)11-19(17)28-3/h4-11H,12H2,1-3H3,(H,24,26). The molecular weight excluding hydrogens is 410 g/mol. The number of methoxy groups -OCH3 is 2. The Balaban J connectivity index is 1.70. The number of hydrogen-bond donors (Lipinski definition) is 1. The minimum atomic E-state index is -0.221. The van der Waals surface area contributed by atoms with Gasteiger partial charge in [-0.1, -0.05) is 53.7 Å². The van der Waals surface area contributed by atoms with E-state index in [2.05, 4.69) is 15.3 Å². The smallest absolute Gasteiger partial charge is 0.234 e. The molecule has 0 saturated carbocycles. The zero-order valence-corrected chi connectivity index (χ0v) is 17.8. The quantitative estimate of drug-likeness (QED) is 0.427. The van der Waals surface area contributed by atoms with Crippen LogP contribution in [0.25, 0.3) is 11.3 Å². The Morgan fingerprint density at radius 3 is 2.48 bits per heavy atom. The van der Waals surface area contributed by atoms with Gasteiger partial charge in [-0.3, -0.25) is 4.79 Å². The molecule has 0 fully saturated rings. The molecule has 29 heavy (non-hydrogen) atoms. The Morgan fingerprint density at radius 2 is 1.79 bits per heavy atom. The molecule has 0 saturated heterocycles. The molecule has 2 aromatic carbocycles. The van der Waals surface area contributed by atoms with E-state index >= 15 is 0 Å². The summed E-state index contributed by atoms with van der Waals surface area (Å²) in [6, 6.07) is 15.0. The molecule has 1 amide bonds. The third-order valence-corrected chi connectivity index (χ3v) is 5.13. The summed E-state index contributed by atoms with van der Waals surface area (Å²) in [4.78, 5) is 21.4. The first-order valence-corrected chi connectivity index (χ1v) is 10.1. The van der Waals surface area contributed by atoms with Crippen LogP contribution in [0.15, 0.2) is 53.7 Å². The molecule has 0 bridgehead atoms. The second-order valence-electron chi connectivity index (χ2n) is 6.07. The second kappa shape index (κ2) is 9.62. The zero-order chi connectivity index (χ0) is 20.8. The third-order valence-electron chi connectivity index (χ3n) is 3.98. The summed E-state index contributed by atoms with van der Waals surface area (Å²) in [6.45, 7) is 1.91. The number of carbonyl (C=O) groups excluding carboxylic acids is 1. The molecule has 0 spiro atoms. The van der Waals surface area contributed by atoms with Crippen molar-refractivity contribution in [3.8, 4) is 22.8 Å². The van der Waals surface area contributed by atoms with Crippen molar-refractivity contribution in [1.82, 2.24) is 9.97 Å². The number of amides is 1. The maximum atomic E-state index is 12.4. The van der Waals surface area contributed by atoms with Gasteiger partial charge in [-0.15, -0.1) is 0 Å². The van der Waals surface area contributed by atoms with Crippen LogP contribution in [0.4, 0.5) is 5.69 Å². The summed E-state index contributed by atoms with van der Waals surface area (Å²) in [5.74, 6) is 0.853. The van der Waals surface area contributed by atoms with Crippen LogP contribution in [-0.4, -0.2) is 35.8 Å². The van der Waals surface area contributed by atoms with Crippen molar-refractivity contribution in [2.45, 2.75) is 12.1 Å². The van der Waals surface area contributed by atoms with E-state index in [0.717, 1.165) is 17.0 Å². The highest BCUT2D eigenvalue weighted by Crippen LogP contribution is 2.36. The summed E-state index contributed by atoms with van der Waals surface area (Å²) in [5, 5.41) is 3.73. The Bertz CT molecular complexity index is 1020. The van der Waals surface area contributed by atoms with Crippen LogP contribution in [-0.2, 0) is 4.79 Å². The van der Waals surface area contributed by atoms with Crippen LogP contribution in [0.5, 0.6) is 11.5 Å². The number of anilines is 1. The predicted molar refractivity (Wildman–Crippen MR) is 116 cm³/mol. The van der Waals surface area contributed by atoms with Crippen LogP contribution in [0.2, 0.25) is 5.02 Å². The van der Waals surface area contributed by atoms with E-state index in [1.54, 1.807) is 12.1 Å². The van der Waals surface area contributed by atoms with E-state index < -0.39 is 0 Å². The van der Waals surface area contributed by atoms with E-state index in [-0.39, 0.29) is 11.7 Å². The van der Waals surface area contributed by atoms with Gasteiger partial charge in [-0.25, -0.2) is 9.97 Å². The lowest BCUT2D eigenvalue weighted by Gasteiger charge is -2.13. The van der Waals surface area contributed by atoms with Gasteiger partial charge in [-0.2, -0.15) is 0 Å². The molecule has 3 aromatic rings. The number of aromatic nitrogens is 2. The van der Waals surface area contributed by atoms with Gasteiger partial charge < -0.3 is 14.8 Å². The molecule has 0 unspecified atom stereocenters. The first-order chi connectivity index (χ1) is 14.0. The molecule has 0 aliphatic carbocycles. The fraction of sp³-hybridized carbons (Fsp3) is 0.190. The van der Waals surface area contributed by atoms with Gasteiger partial charge in [0.05, 0.1) is 36.4 Å². The fourth-order valence-corrected chi connectivity index (χ4v) is 3.58. The summed E-state index contributed by atoms with van der Waals surface area (Å²) in [5.41, 5.74) is 3.14. The van der Waals surface area contributed by atoms with E-state index in [1.807, 2.05) is 43.3 Å². The predicted octanol–water partition coefficient (Wildman–Crippen LogP) is 4.85. The van der Waals surface area contributed by atoms with Crippen molar-refractivity contribution in [1.29, 1.82) is 0 Å². The molecule has 1 N–H and O–H groups in total. The number of ether oxygens (including phenoxy) is 2. The number of halogens is 1. The van der Waals surface area contributed by atoms with Crippen LogP contribution < -0.4 is 14.8 Å². The SMILES string of the molecule is COc1cc(OC)c(NC(=O)CSc2nc(C)cc(-c3ccccc3)n2)cc1Cl. The van der Waals surface area contributed by atoms with E-state index in [1.165, 1.54) is 26.0 Å². The largest absolute Gasteiger partial charge is 0.495 e. The second-order valence-corrected chi connectivity index (χ2v) is 7.42. The van der Waals surface area contributed by atoms with E-state index in [9.17, 15) is 4.79 Å². The molecular formula is C21H20ClN3O3S. The van der Waals surface area contributed by atoms with E-state index in [0.29, 0.717) is 27.4 Å². The molecule has 0 atom stereocenters. The Labute approximate surface area is 178 Å². The van der Waals surface area contributed by atoms with Gasteiger partial charge >= 0.3 is 0 Å². The minimum absolute atomic E-state index is 0.143. The van der Waals surface area contributed by atoms with Crippen molar-refractivity contribution >= 4 is 35.0 Å². The molecule has 6 nitrogen and oxygen atoms in total. The highest BCUT2D eigenvalue weighted by Gasteiger charge is 2.14. The van der Waals surface area contributed by atoms with Crippen molar-refractivity contribution in [2.24, 2.45) is 0 Å². The molecule has 3 rings (SSSR count). The molecule has 0 aliphatic heterocycles. The Morgan fingerprint density at radius 1 is 1.07 bits per heavy atom. The van der Waals surface area contributed by atoms with Gasteiger partial charge in [0.25, 0.3) is 0 Å². The van der Waals surface area contributed by atoms with Crippen LogP contribution in [0.3, 0.4) is 0 Å². The average Bonchev–Trinajstić information content (AvgIpc) is 2.73. The van der Waals surface area contributed by atoms with Crippen molar-refractivity contribution in [2.75, 3.05) is 25.3 Å². The summed E-state index contributed by atoms with van der Waals surface area (Å²) < 4.78 is 10.5. The molecule has 8 heteroatoms. The summed E-state index contributed by atoms with van der Waals surface area (Å²) >= 11 is 7.41. The number of nitrogens with zero attached hydrogens (tertiary/aromatic N) is 2. The van der Waals surface area contributed by atoms with Crippen LogP contribution in [0.1, 0.15) is 5.69 Å². The zero-order valence-electron chi connectivity index (χ0n) is 16.2. The molecule has 0 aliphatic rings. The van der Waals surface area contributed by atoms with Crippen LogP contribution in [0, 0.1) is 6.92 Å². The lowest BCUT2D eigenvalue weighted by molar-refractivity contribution is -0.113. The number of aryl methyl sites for hydroxylation is 1. The molecule has 1 aromatic heterocycles. The molecule has 1 heterocycles. The minimum Gasteiger partial charge on any atom is -0.495 e. The lowest BCUT2D eigenvalue weighted by Crippen LogP contribution is -2.15. The maximum Gasteiger partial charge on any atom is 0.234 e. The van der Waals surface area contributed by atoms with Gasteiger partial charge in [0, 0.05) is 17.3 Å². The number of thioether (sulfide) groups is 1. The highest BCUT2D eigenvalue weighted by atomic mass is 35.5. The van der Waals surface area contributed by atoms with Crippen molar-refractivity contribution in [3.05, 3.63) is 59.2 Å². The van der Waals surface area contributed by atoms with E-state index in [4.69, 9.17) is 21.1 Å². The number of nitrogens with one attached hydrogen (secondary N) is 1. The summed E-state index contributed by atoms with van der Waals surface area (Å²) in [7, 11) is 3.03. The fourth-order valence-electron chi connectivity index (χ4n) is 2.64. The first-order valence-electron chi connectivity index (χ1n) is 8.75. The number of benzene rings is 2. The topological polar surface area (TPSA) is 73.3 Å². The third kappa shape index (κ3) is 5.40. The monoisotopic (exact) mass is 429 g/mol. The Hall–Kier alpha value is -2.77. The molecule has 0 radical (unpaired) electrons. The average molecular weight is 430 g/mol. The normalized spacial score (nSPS) is 10.5. The maximum absolute atomic E-state index is 12.4. The number of hydrogen-bond acceptors (Lipinski definition) is 6. The number of carbonyl (C=O) groups is 1. The Kier molecular flexibility index (Phi) is 6.95. The van der Waals surface area contributed by atoms with Gasteiger partial charge in [0.2, 0.25) is 5.91 Å². The summed E-state index contributed by atoms with van der Waals surface area (Å²) in [6.07, 6.45) is 0. The van der Waals surface area contributed by atoms with Crippen LogP contribution >= 0.6 is 23.4 Å². The molecule has 150 valence electrons.